The van der Waals surface area contributed by atoms with E-state index in [4.69, 9.17) is 0 Å². The number of para-hydroxylation sites is 2. The van der Waals surface area contributed by atoms with E-state index < -0.39 is 0 Å². The quantitative estimate of drug-likeness (QED) is 0.826. The van der Waals surface area contributed by atoms with E-state index in [1.54, 1.807) is 0 Å². The van der Waals surface area contributed by atoms with Gasteiger partial charge in [-0.3, -0.25) is 4.90 Å². The molecule has 5 heteroatoms. The van der Waals surface area contributed by atoms with E-state index in [9.17, 15) is 0 Å². The molecule has 0 atom stereocenters. The van der Waals surface area contributed by atoms with E-state index in [1.807, 2.05) is 0 Å². The predicted molar refractivity (Wildman–Crippen MR) is 109 cm³/mol. The number of hydrogen-bond donors (Lipinski definition) is 1. The molecule has 0 amide bonds. The van der Waals surface area contributed by atoms with Gasteiger partial charge < -0.3 is 15.1 Å². The van der Waals surface area contributed by atoms with Crippen molar-refractivity contribution in [2.24, 2.45) is 0 Å². The first-order valence-corrected chi connectivity index (χ1v) is 9.92. The highest BCUT2D eigenvalue weighted by Crippen LogP contribution is 2.44. The summed E-state index contributed by atoms with van der Waals surface area (Å²) in [4.78, 5) is 7.58. The lowest BCUT2D eigenvalue weighted by molar-refractivity contribution is 0.140. The first kappa shape index (κ1) is 16.9. The van der Waals surface area contributed by atoms with Gasteiger partial charge in [-0.05, 0) is 36.9 Å². The first-order valence-electron chi connectivity index (χ1n) is 9.12. The van der Waals surface area contributed by atoms with Crippen LogP contribution in [0.4, 0.5) is 22.7 Å². The normalized spacial score (nSPS) is 17.8. The number of halogens is 1. The van der Waals surface area contributed by atoms with Gasteiger partial charge in [0.05, 0.1) is 22.7 Å². The number of nitrogens with zero attached hydrogens (tertiary/aromatic N) is 3. The van der Waals surface area contributed by atoms with Crippen molar-refractivity contribution in [3.05, 3.63) is 46.9 Å². The van der Waals surface area contributed by atoms with E-state index in [0.717, 1.165) is 17.6 Å². The Morgan fingerprint density at radius 1 is 0.880 bits per heavy atom. The summed E-state index contributed by atoms with van der Waals surface area (Å²) in [6.07, 6.45) is 0. The molecule has 2 heterocycles. The van der Waals surface area contributed by atoms with Crippen LogP contribution < -0.4 is 10.2 Å². The molecule has 0 bridgehead atoms. The molecule has 1 saturated heterocycles. The second-order valence-electron chi connectivity index (χ2n) is 6.73. The number of hydrogen-bond acceptors (Lipinski definition) is 4. The van der Waals surface area contributed by atoms with Gasteiger partial charge in [0, 0.05) is 43.7 Å². The lowest BCUT2D eigenvalue weighted by Crippen LogP contribution is -2.48. The summed E-state index contributed by atoms with van der Waals surface area (Å²) in [5.41, 5.74) is 4.88. The van der Waals surface area contributed by atoms with Crippen LogP contribution in [-0.4, -0.2) is 55.6 Å². The number of rotatable bonds is 4. The summed E-state index contributed by atoms with van der Waals surface area (Å²) in [6.45, 7) is 10.3. The van der Waals surface area contributed by atoms with Gasteiger partial charge in [-0.2, -0.15) is 0 Å². The maximum Gasteiger partial charge on any atom is 0.0662 e. The van der Waals surface area contributed by atoms with Crippen LogP contribution in [0.15, 0.2) is 46.9 Å². The third-order valence-electron chi connectivity index (χ3n) is 5.27. The Labute approximate surface area is 158 Å². The Hall–Kier alpha value is -1.56. The molecular weight excluding hydrogens is 376 g/mol. The minimum atomic E-state index is 1.01. The van der Waals surface area contributed by atoms with Gasteiger partial charge in [0.15, 0.2) is 0 Å². The van der Waals surface area contributed by atoms with Crippen molar-refractivity contribution in [1.29, 1.82) is 0 Å². The van der Waals surface area contributed by atoms with Gasteiger partial charge >= 0.3 is 0 Å². The van der Waals surface area contributed by atoms with Crippen LogP contribution in [0.5, 0.6) is 0 Å². The van der Waals surface area contributed by atoms with Crippen LogP contribution >= 0.6 is 15.9 Å². The molecule has 2 aliphatic heterocycles. The zero-order valence-electron chi connectivity index (χ0n) is 14.7. The molecule has 2 aromatic carbocycles. The van der Waals surface area contributed by atoms with Crippen molar-refractivity contribution in [2.75, 3.05) is 56.0 Å². The molecule has 0 spiro atoms. The number of anilines is 4. The minimum Gasteiger partial charge on any atom is -0.352 e. The van der Waals surface area contributed by atoms with Crippen LogP contribution in [0.25, 0.3) is 0 Å². The van der Waals surface area contributed by atoms with Gasteiger partial charge in [0.1, 0.15) is 0 Å². The molecule has 25 heavy (non-hydrogen) atoms. The Bertz CT molecular complexity index is 740. The van der Waals surface area contributed by atoms with E-state index in [2.05, 4.69) is 85.3 Å². The van der Waals surface area contributed by atoms with Crippen LogP contribution in [0.2, 0.25) is 0 Å². The van der Waals surface area contributed by atoms with Crippen molar-refractivity contribution in [1.82, 2.24) is 9.80 Å². The maximum atomic E-state index is 3.63. The summed E-state index contributed by atoms with van der Waals surface area (Å²) < 4.78 is 1.12. The van der Waals surface area contributed by atoms with Crippen LogP contribution in [-0.2, 0) is 0 Å². The molecule has 0 aliphatic carbocycles. The van der Waals surface area contributed by atoms with Crippen LogP contribution in [0, 0.1) is 0 Å². The van der Waals surface area contributed by atoms with Crippen LogP contribution in [0.1, 0.15) is 6.92 Å². The summed E-state index contributed by atoms with van der Waals surface area (Å²) in [5.74, 6) is 0. The molecular formula is C20H25BrN4. The van der Waals surface area contributed by atoms with Crippen molar-refractivity contribution in [3.8, 4) is 0 Å². The Kier molecular flexibility index (Phi) is 4.97. The van der Waals surface area contributed by atoms with Crippen molar-refractivity contribution in [2.45, 2.75) is 6.92 Å². The molecule has 4 nitrogen and oxygen atoms in total. The molecule has 1 fully saturated rings. The Balaban J connectivity index is 1.53. The highest BCUT2D eigenvalue weighted by Gasteiger charge is 2.23. The van der Waals surface area contributed by atoms with Gasteiger partial charge in [-0.15, -0.1) is 0 Å². The summed E-state index contributed by atoms with van der Waals surface area (Å²) in [6, 6.07) is 15.1. The summed E-state index contributed by atoms with van der Waals surface area (Å²) in [5, 5.41) is 3.57. The van der Waals surface area contributed by atoms with Gasteiger partial charge in [0.2, 0.25) is 0 Å². The smallest absolute Gasteiger partial charge is 0.0662 e. The third kappa shape index (κ3) is 3.54. The molecule has 132 valence electrons. The topological polar surface area (TPSA) is 21.8 Å². The summed E-state index contributed by atoms with van der Waals surface area (Å²) in [7, 11) is 0. The van der Waals surface area contributed by atoms with Gasteiger partial charge in [-0.1, -0.05) is 35.0 Å². The van der Waals surface area contributed by atoms with E-state index in [1.165, 1.54) is 55.5 Å². The number of likely N-dealkylation sites (N-methyl/N-ethyl adjacent to an activating group) is 1. The second kappa shape index (κ2) is 7.36. The van der Waals surface area contributed by atoms with Crippen molar-refractivity contribution >= 4 is 38.7 Å². The summed E-state index contributed by atoms with van der Waals surface area (Å²) >= 11 is 3.63. The minimum absolute atomic E-state index is 1.01. The monoisotopic (exact) mass is 400 g/mol. The highest BCUT2D eigenvalue weighted by atomic mass is 79.9. The van der Waals surface area contributed by atoms with Crippen molar-refractivity contribution < 1.29 is 0 Å². The lowest BCUT2D eigenvalue weighted by atomic mass is 10.1. The molecule has 0 unspecified atom stereocenters. The van der Waals surface area contributed by atoms with Gasteiger partial charge in [0.25, 0.3) is 0 Å². The molecule has 4 rings (SSSR count). The predicted octanol–water partition coefficient (Wildman–Crippen LogP) is 4.28. The first-order chi connectivity index (χ1) is 12.2. The van der Waals surface area contributed by atoms with Crippen LogP contribution in [0.3, 0.4) is 0 Å². The standard InChI is InChI=1S/C20H25BrN4/c1-2-23-9-11-24(12-10-23)13-14-25-19-6-4-3-5-17(19)22-18-8-7-16(21)15-20(18)25/h3-8,15,22H,2,9-14H2,1H3. The number of benzene rings is 2. The average molecular weight is 401 g/mol. The molecule has 0 aromatic heterocycles. The SMILES string of the molecule is CCN1CCN(CCN2c3ccccc3Nc3ccc(Br)cc32)CC1. The Morgan fingerprint density at radius 2 is 1.60 bits per heavy atom. The molecule has 0 saturated carbocycles. The van der Waals surface area contributed by atoms with E-state index >= 15 is 0 Å². The average Bonchev–Trinajstić information content (AvgIpc) is 2.66. The number of piperazine rings is 1. The van der Waals surface area contributed by atoms with E-state index in [0.29, 0.717) is 0 Å². The van der Waals surface area contributed by atoms with Gasteiger partial charge in [-0.25, -0.2) is 0 Å². The largest absolute Gasteiger partial charge is 0.352 e. The Morgan fingerprint density at radius 3 is 2.40 bits per heavy atom. The number of fused-ring (bicyclic) bond motifs is 2. The fraction of sp³-hybridized carbons (Fsp3) is 0.400. The molecule has 2 aliphatic rings. The zero-order chi connectivity index (χ0) is 17.2. The number of nitrogens with one attached hydrogen (secondary N) is 1. The molecule has 0 radical (unpaired) electrons. The fourth-order valence-electron chi connectivity index (χ4n) is 3.73. The highest BCUT2D eigenvalue weighted by molar-refractivity contribution is 9.10. The van der Waals surface area contributed by atoms with Crippen molar-refractivity contribution in [3.63, 3.8) is 0 Å². The molecule has 2 aromatic rings. The second-order valence-corrected chi connectivity index (χ2v) is 7.65. The van der Waals surface area contributed by atoms with E-state index in [-0.39, 0.29) is 0 Å². The third-order valence-corrected chi connectivity index (χ3v) is 5.76. The lowest BCUT2D eigenvalue weighted by Gasteiger charge is -2.38. The fourth-order valence-corrected chi connectivity index (χ4v) is 4.08. The maximum absolute atomic E-state index is 3.63. The molecule has 1 N–H and O–H groups in total. The zero-order valence-corrected chi connectivity index (χ0v) is 16.3.